The largest absolute Gasteiger partial charge is 0.479 e. The predicted molar refractivity (Wildman–Crippen MR) is 102 cm³/mol. The van der Waals surface area contributed by atoms with E-state index in [2.05, 4.69) is 25.7 Å². The van der Waals surface area contributed by atoms with Crippen molar-refractivity contribution in [2.24, 2.45) is 0 Å². The van der Waals surface area contributed by atoms with Crippen LogP contribution in [0.2, 0.25) is 0 Å². The molecule has 2 aromatic heterocycles. The van der Waals surface area contributed by atoms with Gasteiger partial charge in [0.15, 0.2) is 6.10 Å². The Labute approximate surface area is 160 Å². The molecule has 3 aromatic rings. The number of hydrogen-bond acceptors (Lipinski definition) is 7. The summed E-state index contributed by atoms with van der Waals surface area (Å²) in [5.41, 5.74) is 8.90. The van der Waals surface area contributed by atoms with E-state index in [-0.39, 0.29) is 24.2 Å². The first-order valence-corrected chi connectivity index (χ1v) is 8.71. The number of nitrogens with zero attached hydrogens (tertiary/aromatic N) is 4. The SMILES string of the molecule is Cc1nc2nc(N)nn2c(C)c1CC(=O)Nc1ccc2c(c1)NC(=O)[C@H](C)O2. The van der Waals surface area contributed by atoms with Crippen LogP contribution >= 0.6 is 0 Å². The highest BCUT2D eigenvalue weighted by molar-refractivity contribution is 5.99. The summed E-state index contributed by atoms with van der Waals surface area (Å²) in [6, 6.07) is 5.10. The zero-order chi connectivity index (χ0) is 20.0. The Morgan fingerprint density at radius 2 is 2.14 bits per heavy atom. The third kappa shape index (κ3) is 3.08. The summed E-state index contributed by atoms with van der Waals surface area (Å²) in [5.74, 6) is 0.640. The van der Waals surface area contributed by atoms with E-state index in [1.807, 2.05) is 13.8 Å². The fraction of sp³-hybridized carbons (Fsp3) is 0.278. The number of amides is 2. The summed E-state index contributed by atoms with van der Waals surface area (Å²) >= 11 is 0. The smallest absolute Gasteiger partial charge is 0.265 e. The molecule has 4 rings (SSSR count). The van der Waals surface area contributed by atoms with E-state index in [0.29, 0.717) is 28.6 Å². The second-order valence-corrected chi connectivity index (χ2v) is 6.63. The summed E-state index contributed by atoms with van der Waals surface area (Å²) in [6.07, 6.45) is -0.440. The molecule has 10 heteroatoms. The molecule has 1 aliphatic rings. The Kier molecular flexibility index (Phi) is 4.10. The Morgan fingerprint density at radius 1 is 1.36 bits per heavy atom. The quantitative estimate of drug-likeness (QED) is 0.620. The zero-order valence-corrected chi connectivity index (χ0v) is 15.6. The number of carbonyl (C=O) groups excluding carboxylic acids is 2. The van der Waals surface area contributed by atoms with Crippen LogP contribution in [0.1, 0.15) is 23.9 Å². The van der Waals surface area contributed by atoms with Gasteiger partial charge >= 0.3 is 0 Å². The van der Waals surface area contributed by atoms with Crippen LogP contribution in [0.15, 0.2) is 18.2 Å². The van der Waals surface area contributed by atoms with E-state index in [9.17, 15) is 9.59 Å². The maximum Gasteiger partial charge on any atom is 0.265 e. The second-order valence-electron chi connectivity index (χ2n) is 6.63. The summed E-state index contributed by atoms with van der Waals surface area (Å²) < 4.78 is 7.04. The van der Waals surface area contributed by atoms with E-state index < -0.39 is 6.10 Å². The molecular formula is C18H19N7O3. The molecule has 0 aliphatic carbocycles. The van der Waals surface area contributed by atoms with Gasteiger partial charge in [-0.1, -0.05) is 0 Å². The van der Waals surface area contributed by atoms with Crippen molar-refractivity contribution in [2.75, 3.05) is 16.4 Å². The molecule has 0 fully saturated rings. The molecule has 3 heterocycles. The van der Waals surface area contributed by atoms with Crippen molar-refractivity contribution in [3.8, 4) is 5.75 Å². The second kappa shape index (κ2) is 6.48. The van der Waals surface area contributed by atoms with Crippen molar-refractivity contribution in [1.29, 1.82) is 0 Å². The average Bonchev–Trinajstić information content (AvgIpc) is 3.00. The molecule has 1 aromatic carbocycles. The van der Waals surface area contributed by atoms with Gasteiger partial charge in [0.2, 0.25) is 11.9 Å². The summed E-state index contributed by atoms with van der Waals surface area (Å²) in [6.45, 7) is 5.32. The molecule has 0 saturated carbocycles. The van der Waals surface area contributed by atoms with Crippen LogP contribution in [-0.4, -0.2) is 37.5 Å². The lowest BCUT2D eigenvalue weighted by atomic mass is 10.1. The van der Waals surface area contributed by atoms with Crippen LogP contribution in [0.25, 0.3) is 5.78 Å². The van der Waals surface area contributed by atoms with Crippen LogP contribution in [0.3, 0.4) is 0 Å². The van der Waals surface area contributed by atoms with Gasteiger partial charge < -0.3 is 21.1 Å². The van der Waals surface area contributed by atoms with Crippen LogP contribution in [-0.2, 0) is 16.0 Å². The van der Waals surface area contributed by atoms with Crippen LogP contribution in [0, 0.1) is 13.8 Å². The molecule has 144 valence electrons. The molecular weight excluding hydrogens is 362 g/mol. The van der Waals surface area contributed by atoms with Crippen LogP contribution in [0.5, 0.6) is 5.75 Å². The maximum absolute atomic E-state index is 12.6. The van der Waals surface area contributed by atoms with E-state index in [1.54, 1.807) is 25.1 Å². The fourth-order valence-electron chi connectivity index (χ4n) is 3.13. The van der Waals surface area contributed by atoms with Crippen LogP contribution < -0.4 is 21.1 Å². The number of carbonyl (C=O) groups is 2. The fourth-order valence-corrected chi connectivity index (χ4v) is 3.13. The molecule has 10 nitrogen and oxygen atoms in total. The maximum atomic E-state index is 12.6. The van der Waals surface area contributed by atoms with E-state index in [0.717, 1.165) is 11.3 Å². The van der Waals surface area contributed by atoms with Crippen molar-refractivity contribution >= 4 is 34.9 Å². The molecule has 0 radical (unpaired) electrons. The molecule has 0 bridgehead atoms. The molecule has 4 N–H and O–H groups in total. The van der Waals surface area contributed by atoms with Gasteiger partial charge in [0.25, 0.3) is 11.7 Å². The normalized spacial score (nSPS) is 15.7. The molecule has 28 heavy (non-hydrogen) atoms. The minimum absolute atomic E-state index is 0.108. The van der Waals surface area contributed by atoms with Gasteiger partial charge in [0.1, 0.15) is 5.75 Å². The monoisotopic (exact) mass is 381 g/mol. The van der Waals surface area contributed by atoms with Gasteiger partial charge in [-0.05, 0) is 39.0 Å². The molecule has 1 atom stereocenters. The standard InChI is InChI=1S/C18H19N7O3/c1-8-12(9(2)25-18(20-8)23-17(19)24-25)7-15(26)21-11-4-5-14-13(6-11)22-16(27)10(3)28-14/h4-6,10H,7H2,1-3H3,(H2,19,24)(H,21,26)(H,22,27)/t10-/m0/s1. The van der Waals surface area contributed by atoms with E-state index >= 15 is 0 Å². The van der Waals surface area contributed by atoms with Crippen molar-refractivity contribution in [2.45, 2.75) is 33.3 Å². The van der Waals surface area contributed by atoms with Gasteiger partial charge in [-0.25, -0.2) is 4.98 Å². The summed E-state index contributed by atoms with van der Waals surface area (Å²) in [5, 5.41) is 9.69. The summed E-state index contributed by atoms with van der Waals surface area (Å²) in [7, 11) is 0. The Bertz CT molecular complexity index is 1120. The van der Waals surface area contributed by atoms with Crippen molar-refractivity contribution in [1.82, 2.24) is 19.6 Å². The minimum atomic E-state index is -0.549. The first-order valence-electron chi connectivity index (χ1n) is 8.71. The lowest BCUT2D eigenvalue weighted by molar-refractivity contribution is -0.122. The van der Waals surface area contributed by atoms with Gasteiger partial charge in [-0.15, -0.1) is 5.10 Å². The topological polar surface area (TPSA) is 137 Å². The lowest BCUT2D eigenvalue weighted by Gasteiger charge is -2.23. The number of hydrogen-bond donors (Lipinski definition) is 3. The van der Waals surface area contributed by atoms with Crippen LogP contribution in [0.4, 0.5) is 17.3 Å². The molecule has 0 spiro atoms. The molecule has 1 aliphatic heterocycles. The van der Waals surface area contributed by atoms with Crippen molar-refractivity contribution in [3.63, 3.8) is 0 Å². The highest BCUT2D eigenvalue weighted by atomic mass is 16.5. The zero-order valence-electron chi connectivity index (χ0n) is 15.6. The number of nitrogen functional groups attached to an aromatic ring is 1. The average molecular weight is 381 g/mol. The molecule has 0 unspecified atom stereocenters. The number of benzene rings is 1. The summed E-state index contributed by atoms with van der Waals surface area (Å²) in [4.78, 5) is 32.7. The molecule has 2 amide bonds. The number of anilines is 3. The number of aromatic nitrogens is 4. The third-order valence-corrected chi connectivity index (χ3v) is 4.60. The number of rotatable bonds is 3. The lowest BCUT2D eigenvalue weighted by Crippen LogP contribution is -2.34. The van der Waals surface area contributed by atoms with E-state index in [4.69, 9.17) is 10.5 Å². The van der Waals surface area contributed by atoms with Gasteiger partial charge in [0.05, 0.1) is 12.1 Å². The number of nitrogens with one attached hydrogen (secondary N) is 2. The third-order valence-electron chi connectivity index (χ3n) is 4.60. The predicted octanol–water partition coefficient (Wildman–Crippen LogP) is 1.22. The number of nitrogens with two attached hydrogens (primary N) is 1. The number of ether oxygens (including phenoxy) is 1. The number of aryl methyl sites for hydroxylation is 2. The Hall–Kier alpha value is -3.69. The highest BCUT2D eigenvalue weighted by Gasteiger charge is 2.24. The molecule has 0 saturated heterocycles. The first-order chi connectivity index (χ1) is 13.3. The van der Waals surface area contributed by atoms with E-state index in [1.165, 1.54) is 4.52 Å². The Morgan fingerprint density at radius 3 is 2.93 bits per heavy atom. The van der Waals surface area contributed by atoms with Gasteiger partial charge in [-0.2, -0.15) is 9.50 Å². The Balaban J connectivity index is 1.55. The highest BCUT2D eigenvalue weighted by Crippen LogP contribution is 2.32. The first kappa shape index (κ1) is 17.7. The minimum Gasteiger partial charge on any atom is -0.479 e. The van der Waals surface area contributed by atoms with Gasteiger partial charge in [-0.3, -0.25) is 9.59 Å². The van der Waals surface area contributed by atoms with Crippen molar-refractivity contribution in [3.05, 3.63) is 35.2 Å². The van der Waals surface area contributed by atoms with Gasteiger partial charge in [0, 0.05) is 22.6 Å². The van der Waals surface area contributed by atoms with Crippen molar-refractivity contribution < 1.29 is 14.3 Å². The number of fused-ring (bicyclic) bond motifs is 2.